The number of anilines is 1. The van der Waals surface area contributed by atoms with Crippen LogP contribution in [0.2, 0.25) is 0 Å². The highest BCUT2D eigenvalue weighted by Gasteiger charge is 2.18. The number of carbonyl (C=O) groups is 2. The third-order valence-electron chi connectivity index (χ3n) is 4.88. The van der Waals surface area contributed by atoms with Gasteiger partial charge in [0.25, 0.3) is 5.91 Å². The molecule has 2 N–H and O–H groups in total. The van der Waals surface area contributed by atoms with Crippen LogP contribution in [0.1, 0.15) is 43.6 Å². The van der Waals surface area contributed by atoms with Crippen molar-refractivity contribution in [2.75, 3.05) is 31.5 Å². The Labute approximate surface area is 166 Å². The second kappa shape index (κ2) is 9.50. The summed E-state index contributed by atoms with van der Waals surface area (Å²) in [6.07, 6.45) is 3.76. The number of hydrogen-bond donors (Lipinski definition) is 2. The predicted molar refractivity (Wildman–Crippen MR) is 110 cm³/mol. The fourth-order valence-corrected chi connectivity index (χ4v) is 3.22. The predicted octanol–water partition coefficient (Wildman–Crippen LogP) is 2.68. The summed E-state index contributed by atoms with van der Waals surface area (Å²) in [4.78, 5) is 27.1. The molecule has 1 saturated heterocycles. The Kier molecular flexibility index (Phi) is 6.81. The fraction of sp³-hybridized carbons (Fsp3) is 0.476. The van der Waals surface area contributed by atoms with Gasteiger partial charge < -0.3 is 15.5 Å². The van der Waals surface area contributed by atoms with Crippen molar-refractivity contribution in [1.82, 2.24) is 20.0 Å². The third kappa shape index (κ3) is 5.19. The van der Waals surface area contributed by atoms with E-state index in [2.05, 4.69) is 20.6 Å². The molecule has 0 spiro atoms. The first-order valence-corrected chi connectivity index (χ1v) is 10.0. The molecule has 1 fully saturated rings. The minimum atomic E-state index is -0.230. The van der Waals surface area contributed by atoms with Crippen LogP contribution in [0.15, 0.2) is 36.4 Å². The van der Waals surface area contributed by atoms with Crippen molar-refractivity contribution in [3.05, 3.63) is 42.1 Å². The molecule has 150 valence electrons. The number of para-hydroxylation sites is 1. The lowest BCUT2D eigenvalue weighted by Crippen LogP contribution is -2.37. The third-order valence-corrected chi connectivity index (χ3v) is 4.88. The van der Waals surface area contributed by atoms with E-state index in [-0.39, 0.29) is 17.7 Å². The van der Waals surface area contributed by atoms with Crippen LogP contribution < -0.4 is 10.6 Å². The molecule has 0 unspecified atom stereocenters. The Bertz CT molecular complexity index is 794. The van der Waals surface area contributed by atoms with Crippen LogP contribution in [-0.4, -0.2) is 52.7 Å². The Morgan fingerprint density at radius 2 is 1.82 bits per heavy atom. The van der Waals surface area contributed by atoms with Gasteiger partial charge in [-0.1, -0.05) is 38.5 Å². The van der Waals surface area contributed by atoms with Crippen molar-refractivity contribution in [1.29, 1.82) is 0 Å². The second-order valence-electron chi connectivity index (χ2n) is 7.46. The Balaban J connectivity index is 1.70. The Morgan fingerprint density at radius 1 is 1.11 bits per heavy atom. The number of hydrogen-bond acceptors (Lipinski definition) is 4. The van der Waals surface area contributed by atoms with Crippen LogP contribution in [0.4, 0.5) is 5.82 Å². The molecule has 7 heteroatoms. The van der Waals surface area contributed by atoms with Crippen molar-refractivity contribution >= 4 is 17.6 Å². The second-order valence-corrected chi connectivity index (χ2v) is 7.46. The summed E-state index contributed by atoms with van der Waals surface area (Å²) in [5.74, 6) is -0.0205. The summed E-state index contributed by atoms with van der Waals surface area (Å²) in [7, 11) is 0. The Morgan fingerprint density at radius 3 is 2.50 bits per heavy atom. The number of aromatic nitrogens is 2. The average Bonchev–Trinajstić information content (AvgIpc) is 3.13. The highest BCUT2D eigenvalue weighted by Crippen LogP contribution is 2.18. The summed E-state index contributed by atoms with van der Waals surface area (Å²) in [6.45, 7) is 7.29. The number of nitrogens with zero attached hydrogens (tertiary/aromatic N) is 3. The lowest BCUT2D eigenvalue weighted by Gasteiger charge is -2.26. The summed E-state index contributed by atoms with van der Waals surface area (Å²) in [6, 6.07) is 11.1. The molecule has 3 rings (SSSR count). The number of likely N-dealkylation sites (tertiary alicyclic amines) is 1. The van der Waals surface area contributed by atoms with Gasteiger partial charge >= 0.3 is 0 Å². The quantitative estimate of drug-likeness (QED) is 0.770. The highest BCUT2D eigenvalue weighted by molar-refractivity contribution is 5.96. The van der Waals surface area contributed by atoms with Crippen LogP contribution in [0.3, 0.4) is 0 Å². The number of amides is 2. The van der Waals surface area contributed by atoms with Crippen LogP contribution in [0.5, 0.6) is 0 Å². The summed E-state index contributed by atoms with van der Waals surface area (Å²) in [5.41, 5.74) is 1.08. The van der Waals surface area contributed by atoms with Gasteiger partial charge in [-0.2, -0.15) is 5.10 Å². The lowest BCUT2D eigenvalue weighted by molar-refractivity contribution is -0.118. The molecule has 1 aromatic heterocycles. The van der Waals surface area contributed by atoms with Crippen molar-refractivity contribution in [3.8, 4) is 5.69 Å². The first kappa shape index (κ1) is 20.1. The summed E-state index contributed by atoms with van der Waals surface area (Å²) < 4.78 is 1.60. The number of benzene rings is 1. The fourth-order valence-electron chi connectivity index (χ4n) is 3.22. The molecule has 2 heterocycles. The lowest BCUT2D eigenvalue weighted by atomic mass is 10.1. The van der Waals surface area contributed by atoms with E-state index >= 15 is 0 Å². The van der Waals surface area contributed by atoms with Crippen LogP contribution in [0, 0.1) is 5.92 Å². The van der Waals surface area contributed by atoms with Gasteiger partial charge in [-0.15, -0.1) is 0 Å². The summed E-state index contributed by atoms with van der Waals surface area (Å²) in [5, 5.41) is 10.2. The van der Waals surface area contributed by atoms with E-state index in [0.29, 0.717) is 18.1 Å². The van der Waals surface area contributed by atoms with Crippen molar-refractivity contribution < 1.29 is 9.59 Å². The highest BCUT2D eigenvalue weighted by atomic mass is 16.2. The maximum atomic E-state index is 12.6. The molecule has 2 amide bonds. The van der Waals surface area contributed by atoms with E-state index in [4.69, 9.17) is 0 Å². The largest absolute Gasteiger partial charge is 0.349 e. The molecule has 2 aromatic rings. The van der Waals surface area contributed by atoms with E-state index in [1.807, 2.05) is 44.2 Å². The van der Waals surface area contributed by atoms with E-state index in [1.54, 1.807) is 10.7 Å². The van der Waals surface area contributed by atoms with Crippen LogP contribution in [-0.2, 0) is 4.79 Å². The molecule has 1 aliphatic rings. The van der Waals surface area contributed by atoms with Gasteiger partial charge in [-0.05, 0) is 38.1 Å². The molecular weight excluding hydrogens is 354 g/mol. The molecular formula is C21H29N5O2. The number of nitrogens with one attached hydrogen (secondary N) is 2. The SMILES string of the molecule is CC(C)C(=O)Nc1cc(C(=O)NCCN2CCCCC2)nn1-c1ccccc1. The zero-order chi connectivity index (χ0) is 19.9. The number of piperidine rings is 1. The molecule has 1 aliphatic heterocycles. The van der Waals surface area contributed by atoms with E-state index in [1.165, 1.54) is 19.3 Å². The van der Waals surface area contributed by atoms with Gasteiger partial charge in [0.2, 0.25) is 5.91 Å². The van der Waals surface area contributed by atoms with Gasteiger partial charge in [0.1, 0.15) is 5.82 Å². The van der Waals surface area contributed by atoms with Crippen LogP contribution >= 0.6 is 0 Å². The van der Waals surface area contributed by atoms with Gasteiger partial charge in [-0.3, -0.25) is 9.59 Å². The maximum absolute atomic E-state index is 12.6. The minimum absolute atomic E-state index is 0.117. The van der Waals surface area contributed by atoms with Crippen molar-refractivity contribution in [3.63, 3.8) is 0 Å². The van der Waals surface area contributed by atoms with E-state index < -0.39 is 0 Å². The summed E-state index contributed by atoms with van der Waals surface area (Å²) >= 11 is 0. The van der Waals surface area contributed by atoms with E-state index in [9.17, 15) is 9.59 Å². The van der Waals surface area contributed by atoms with E-state index in [0.717, 1.165) is 25.3 Å². The first-order chi connectivity index (χ1) is 13.5. The molecule has 0 radical (unpaired) electrons. The topological polar surface area (TPSA) is 79.3 Å². The first-order valence-electron chi connectivity index (χ1n) is 10.0. The zero-order valence-electron chi connectivity index (χ0n) is 16.6. The molecule has 7 nitrogen and oxygen atoms in total. The maximum Gasteiger partial charge on any atom is 0.271 e. The van der Waals surface area contributed by atoms with Gasteiger partial charge in [0.15, 0.2) is 5.69 Å². The minimum Gasteiger partial charge on any atom is -0.349 e. The number of carbonyl (C=O) groups excluding carboxylic acids is 2. The molecule has 0 aliphatic carbocycles. The monoisotopic (exact) mass is 383 g/mol. The molecule has 1 aromatic carbocycles. The molecule has 0 saturated carbocycles. The zero-order valence-corrected chi connectivity index (χ0v) is 16.6. The molecule has 28 heavy (non-hydrogen) atoms. The normalized spacial score (nSPS) is 14.8. The smallest absolute Gasteiger partial charge is 0.271 e. The van der Waals surface area contributed by atoms with Crippen LogP contribution in [0.25, 0.3) is 5.69 Å². The van der Waals surface area contributed by atoms with Gasteiger partial charge in [0, 0.05) is 25.1 Å². The number of rotatable bonds is 7. The standard InChI is InChI=1S/C21H29N5O2/c1-16(2)20(27)23-19-15-18(24-26(19)17-9-5-3-6-10-17)21(28)22-11-14-25-12-7-4-8-13-25/h3,5-6,9-10,15-16H,4,7-8,11-14H2,1-2H3,(H,22,28)(H,23,27). The molecule has 0 atom stereocenters. The molecule has 0 bridgehead atoms. The van der Waals surface area contributed by atoms with Gasteiger partial charge in [0.05, 0.1) is 5.69 Å². The van der Waals surface area contributed by atoms with Crippen molar-refractivity contribution in [2.45, 2.75) is 33.1 Å². The average molecular weight is 383 g/mol. The Hall–Kier alpha value is -2.67. The van der Waals surface area contributed by atoms with Crippen molar-refractivity contribution in [2.24, 2.45) is 5.92 Å². The van der Waals surface area contributed by atoms with Gasteiger partial charge in [-0.25, -0.2) is 4.68 Å².